The van der Waals surface area contributed by atoms with Gasteiger partial charge in [-0.15, -0.1) is 0 Å². The van der Waals surface area contributed by atoms with Crippen molar-refractivity contribution in [3.05, 3.63) is 203 Å². The Morgan fingerprint density at radius 3 is 1.47 bits per heavy atom. The first-order chi connectivity index (χ1) is 27.7. The minimum Gasteiger partial charge on any atom is -0.310 e. The summed E-state index contributed by atoms with van der Waals surface area (Å²) in [5, 5.41) is 7.70. The highest BCUT2D eigenvalue weighted by molar-refractivity contribution is 6.23. The van der Waals surface area contributed by atoms with Gasteiger partial charge in [-0.25, -0.2) is 0 Å². The Bertz CT molecular complexity index is 3030. The largest absolute Gasteiger partial charge is 0.310 e. The van der Waals surface area contributed by atoms with Crippen LogP contribution in [0, 0.1) is 27.7 Å². The zero-order valence-corrected chi connectivity index (χ0v) is 33.6. The van der Waals surface area contributed by atoms with Gasteiger partial charge in [0.2, 0.25) is 0 Å². The van der Waals surface area contributed by atoms with Gasteiger partial charge >= 0.3 is 0 Å². The number of para-hydroxylation sites is 2. The Morgan fingerprint density at radius 1 is 0.351 bits per heavy atom. The third-order valence-electron chi connectivity index (χ3n) is 12.3. The van der Waals surface area contributed by atoms with Gasteiger partial charge in [0.15, 0.2) is 0 Å². The highest BCUT2D eigenvalue weighted by atomic mass is 15.2. The van der Waals surface area contributed by atoms with E-state index in [1.807, 2.05) is 0 Å². The van der Waals surface area contributed by atoms with Crippen LogP contribution in [0.5, 0.6) is 0 Å². The maximum atomic E-state index is 2.51. The van der Waals surface area contributed by atoms with Crippen LogP contribution in [-0.4, -0.2) is 0 Å². The Balaban J connectivity index is 1.27. The molecule has 9 aromatic carbocycles. The molecule has 0 bridgehead atoms. The SMILES string of the molecule is Cc1ccc(C)c(N(c2ccccc2)c2ccc3c4c(c5ccccc5c3c2)-c2c(cc(N(c3ccccc3)c3cc(C)ccc3C)c3ccccc23)C4(C)C)c1. The minimum absolute atomic E-state index is 0.288. The van der Waals surface area contributed by atoms with Gasteiger partial charge in [-0.2, -0.15) is 0 Å². The lowest BCUT2D eigenvalue weighted by molar-refractivity contribution is 0.667. The molecule has 0 atom stereocenters. The molecule has 0 heterocycles. The third kappa shape index (κ3) is 5.46. The Kier molecular flexibility index (Phi) is 8.09. The monoisotopic (exact) mass is 734 g/mol. The van der Waals surface area contributed by atoms with Crippen LogP contribution in [0.3, 0.4) is 0 Å². The van der Waals surface area contributed by atoms with Crippen molar-refractivity contribution >= 4 is 66.4 Å². The average molecular weight is 735 g/mol. The normalized spacial score (nSPS) is 12.9. The summed E-state index contributed by atoms with van der Waals surface area (Å²) in [6.07, 6.45) is 0. The Labute approximate surface area is 336 Å². The van der Waals surface area contributed by atoms with Crippen molar-refractivity contribution in [3.8, 4) is 11.1 Å². The zero-order valence-electron chi connectivity index (χ0n) is 33.6. The Hall–Kier alpha value is -6.64. The van der Waals surface area contributed by atoms with Gasteiger partial charge in [0.1, 0.15) is 0 Å². The third-order valence-corrected chi connectivity index (χ3v) is 12.3. The van der Waals surface area contributed by atoms with E-state index in [-0.39, 0.29) is 5.41 Å². The first kappa shape index (κ1) is 34.8. The van der Waals surface area contributed by atoms with Gasteiger partial charge in [-0.05, 0) is 154 Å². The fourth-order valence-corrected chi connectivity index (χ4v) is 9.57. The van der Waals surface area contributed by atoms with Gasteiger partial charge in [-0.1, -0.05) is 129 Å². The molecule has 9 aromatic rings. The maximum Gasteiger partial charge on any atom is 0.0543 e. The summed E-state index contributed by atoms with van der Waals surface area (Å²) in [6, 6.07) is 63.1. The van der Waals surface area contributed by atoms with E-state index in [4.69, 9.17) is 0 Å². The summed E-state index contributed by atoms with van der Waals surface area (Å²) >= 11 is 0. The van der Waals surface area contributed by atoms with Crippen LogP contribution >= 0.6 is 0 Å². The molecule has 57 heavy (non-hydrogen) atoms. The van der Waals surface area contributed by atoms with Gasteiger partial charge in [-0.3, -0.25) is 0 Å². The van der Waals surface area contributed by atoms with Crippen molar-refractivity contribution in [2.24, 2.45) is 0 Å². The first-order valence-electron chi connectivity index (χ1n) is 20.1. The van der Waals surface area contributed by atoms with E-state index in [1.54, 1.807) is 0 Å². The lowest BCUT2D eigenvalue weighted by Gasteiger charge is -2.31. The number of hydrogen-bond acceptors (Lipinski definition) is 2. The maximum absolute atomic E-state index is 2.51. The summed E-state index contributed by atoms with van der Waals surface area (Å²) in [6.45, 7) is 13.7. The van der Waals surface area contributed by atoms with Crippen LogP contribution < -0.4 is 9.80 Å². The molecule has 0 spiro atoms. The first-order valence-corrected chi connectivity index (χ1v) is 20.1. The summed E-state index contributed by atoms with van der Waals surface area (Å²) in [7, 11) is 0. The van der Waals surface area contributed by atoms with Crippen LogP contribution in [0.2, 0.25) is 0 Å². The molecule has 0 aliphatic heterocycles. The van der Waals surface area contributed by atoms with Crippen molar-refractivity contribution in [3.63, 3.8) is 0 Å². The van der Waals surface area contributed by atoms with E-state index < -0.39 is 0 Å². The minimum atomic E-state index is -0.288. The average Bonchev–Trinajstić information content (AvgIpc) is 3.48. The molecule has 1 aliphatic rings. The van der Waals surface area contributed by atoms with E-state index >= 15 is 0 Å². The molecule has 2 heteroatoms. The lowest BCUT2D eigenvalue weighted by Crippen LogP contribution is -2.18. The molecule has 0 unspecified atom stereocenters. The highest BCUT2D eigenvalue weighted by Gasteiger charge is 2.41. The van der Waals surface area contributed by atoms with Crippen molar-refractivity contribution in [2.75, 3.05) is 9.80 Å². The number of anilines is 6. The summed E-state index contributed by atoms with van der Waals surface area (Å²) in [4.78, 5) is 4.91. The fourth-order valence-electron chi connectivity index (χ4n) is 9.57. The van der Waals surface area contributed by atoms with Gasteiger partial charge in [0.05, 0.1) is 5.69 Å². The quantitative estimate of drug-likeness (QED) is 0.157. The second-order valence-electron chi connectivity index (χ2n) is 16.4. The predicted octanol–water partition coefficient (Wildman–Crippen LogP) is 15.6. The smallest absolute Gasteiger partial charge is 0.0543 e. The van der Waals surface area contributed by atoms with Crippen LogP contribution in [0.25, 0.3) is 43.4 Å². The van der Waals surface area contributed by atoms with E-state index in [2.05, 4.69) is 221 Å². The van der Waals surface area contributed by atoms with E-state index in [0.29, 0.717) is 0 Å². The molecular formula is C55H46N2. The number of nitrogens with zero attached hydrogens (tertiary/aromatic N) is 2. The van der Waals surface area contributed by atoms with Gasteiger partial charge < -0.3 is 9.80 Å². The summed E-state index contributed by atoms with van der Waals surface area (Å²) in [5.41, 5.74) is 17.2. The molecule has 0 saturated heterocycles. The summed E-state index contributed by atoms with van der Waals surface area (Å²) < 4.78 is 0. The van der Waals surface area contributed by atoms with Crippen molar-refractivity contribution in [1.29, 1.82) is 0 Å². The van der Waals surface area contributed by atoms with E-state index in [1.165, 1.54) is 93.9 Å². The molecule has 0 saturated carbocycles. The molecule has 0 N–H and O–H groups in total. The molecule has 276 valence electrons. The molecular weight excluding hydrogens is 689 g/mol. The summed E-state index contributed by atoms with van der Waals surface area (Å²) in [5.74, 6) is 0. The van der Waals surface area contributed by atoms with Crippen LogP contribution in [0.4, 0.5) is 34.1 Å². The number of benzene rings is 9. The molecule has 10 rings (SSSR count). The van der Waals surface area contributed by atoms with Crippen LogP contribution in [0.1, 0.15) is 47.2 Å². The molecule has 0 radical (unpaired) electrons. The highest BCUT2D eigenvalue weighted by Crippen LogP contribution is 2.59. The fraction of sp³-hybridized carbons (Fsp3) is 0.127. The molecule has 1 aliphatic carbocycles. The molecule has 0 fully saturated rings. The number of fused-ring (bicyclic) bond motifs is 10. The van der Waals surface area contributed by atoms with Crippen LogP contribution in [-0.2, 0) is 5.41 Å². The molecule has 0 amide bonds. The van der Waals surface area contributed by atoms with Gasteiger partial charge in [0.25, 0.3) is 0 Å². The van der Waals surface area contributed by atoms with Crippen molar-refractivity contribution in [2.45, 2.75) is 47.0 Å². The number of aryl methyl sites for hydroxylation is 4. The van der Waals surface area contributed by atoms with E-state index in [9.17, 15) is 0 Å². The van der Waals surface area contributed by atoms with E-state index in [0.717, 1.165) is 17.1 Å². The number of hydrogen-bond donors (Lipinski definition) is 0. The number of rotatable bonds is 6. The Morgan fingerprint density at radius 2 is 0.860 bits per heavy atom. The standard InChI is InChI=1S/C55H46N2/c1-35-25-27-37(3)49(31-35)56(39-17-9-7-10-18-39)41-29-30-46-47(33-41)42-21-13-15-23-44(42)53-52-45-24-16-14-22-43(45)51(34-48(52)55(5,6)54(46)53)57(40-19-11-8-12-20-40)50-32-36(2)26-28-38(50)4/h7-34H,1-6H3. The van der Waals surface area contributed by atoms with Crippen molar-refractivity contribution < 1.29 is 0 Å². The second-order valence-corrected chi connectivity index (χ2v) is 16.4. The topological polar surface area (TPSA) is 6.48 Å². The van der Waals surface area contributed by atoms with Gasteiger partial charge in [0, 0.05) is 39.2 Å². The zero-order chi connectivity index (χ0) is 39.0. The molecule has 2 nitrogen and oxygen atoms in total. The molecule has 0 aromatic heterocycles. The van der Waals surface area contributed by atoms with Crippen LogP contribution in [0.15, 0.2) is 170 Å². The second kappa shape index (κ2) is 13.2. The predicted molar refractivity (Wildman–Crippen MR) is 245 cm³/mol. The lowest BCUT2D eigenvalue weighted by atomic mass is 9.79. The van der Waals surface area contributed by atoms with Crippen molar-refractivity contribution in [1.82, 2.24) is 0 Å².